The molecule has 0 N–H and O–H groups in total. The summed E-state index contributed by atoms with van der Waals surface area (Å²) in [6.45, 7) is 0. The number of rotatable bonds is 2. The molecule has 2 rings (SSSR count). The predicted molar refractivity (Wildman–Crippen MR) is 94.3 cm³/mol. The van der Waals surface area contributed by atoms with Gasteiger partial charge in [-0.3, -0.25) is 9.59 Å². The van der Waals surface area contributed by atoms with Crippen LogP contribution in [0.15, 0.2) is 54.2 Å². The molecule has 0 spiro atoms. The molecule has 0 fully saturated rings. The highest BCUT2D eigenvalue weighted by atomic mass is 79.9. The molecule has 0 saturated heterocycles. The molecule has 0 unspecified atom stereocenters. The quantitative estimate of drug-likeness (QED) is 0.641. The topological polar surface area (TPSA) is 34.1 Å². The van der Waals surface area contributed by atoms with Crippen LogP contribution in [0.25, 0.3) is 0 Å². The van der Waals surface area contributed by atoms with E-state index in [1.807, 2.05) is 24.7 Å². The largest absolute Gasteiger partial charge is 0.287 e. The van der Waals surface area contributed by atoms with Crippen molar-refractivity contribution in [2.24, 2.45) is 0 Å². The maximum Gasteiger partial charge on any atom is 0.206 e. The van der Waals surface area contributed by atoms with E-state index in [-0.39, 0.29) is 11.6 Å². The van der Waals surface area contributed by atoms with Crippen molar-refractivity contribution >= 4 is 67.0 Å². The Labute approximate surface area is 142 Å². The van der Waals surface area contributed by atoms with Crippen LogP contribution < -0.4 is 0 Å². The van der Waals surface area contributed by atoms with E-state index in [9.17, 15) is 9.59 Å². The fourth-order valence-electron chi connectivity index (χ4n) is 1.77. The molecular formula is C14H10Br2O2S2. The third-order valence-electron chi connectivity index (χ3n) is 2.79. The first kappa shape index (κ1) is 16.1. The van der Waals surface area contributed by atoms with Crippen molar-refractivity contribution in [2.75, 3.05) is 12.5 Å². The molecule has 0 bridgehead atoms. The van der Waals surface area contributed by atoms with Gasteiger partial charge in [0.15, 0.2) is 0 Å². The zero-order valence-corrected chi connectivity index (χ0v) is 15.5. The number of Topliss-reactive ketones (excluding diaryl/α,β-unsaturated/α-hetero) is 2. The lowest BCUT2D eigenvalue weighted by Gasteiger charge is -2.15. The van der Waals surface area contributed by atoms with Crippen LogP contribution in [0.5, 0.6) is 0 Å². The van der Waals surface area contributed by atoms with E-state index in [1.165, 1.54) is 23.5 Å². The molecule has 20 heavy (non-hydrogen) atoms. The normalized spacial score (nSPS) is 23.2. The van der Waals surface area contributed by atoms with Gasteiger partial charge in [-0.05, 0) is 79.8 Å². The number of carbonyl (C=O) groups is 2. The molecule has 0 aliphatic heterocycles. The number of hydrogen-bond donors (Lipinski definition) is 0. The molecule has 0 aromatic rings. The fraction of sp³-hybridized carbons (Fsp3) is 0.143. The number of allylic oxidation sites excluding steroid dienone is 10. The molecule has 0 aromatic carbocycles. The Morgan fingerprint density at radius 2 is 1.10 bits per heavy atom. The highest BCUT2D eigenvalue weighted by Crippen LogP contribution is 2.34. The highest BCUT2D eigenvalue weighted by Gasteiger charge is 2.22. The van der Waals surface area contributed by atoms with Crippen molar-refractivity contribution in [2.45, 2.75) is 0 Å². The van der Waals surface area contributed by atoms with Gasteiger partial charge in [0.1, 0.15) is 0 Å². The van der Waals surface area contributed by atoms with Gasteiger partial charge in [-0.2, -0.15) is 0 Å². The van der Waals surface area contributed by atoms with E-state index >= 15 is 0 Å². The molecular weight excluding hydrogens is 424 g/mol. The van der Waals surface area contributed by atoms with Crippen LogP contribution in [0, 0.1) is 0 Å². The summed E-state index contributed by atoms with van der Waals surface area (Å²) in [7, 11) is 0. The fourth-order valence-corrected chi connectivity index (χ4v) is 4.04. The first-order valence-electron chi connectivity index (χ1n) is 5.57. The molecule has 2 nitrogen and oxygen atoms in total. The van der Waals surface area contributed by atoms with Crippen LogP contribution in [0.1, 0.15) is 0 Å². The monoisotopic (exact) mass is 432 g/mol. The van der Waals surface area contributed by atoms with E-state index in [2.05, 4.69) is 31.9 Å². The van der Waals surface area contributed by atoms with Gasteiger partial charge in [-0.25, -0.2) is 0 Å². The van der Waals surface area contributed by atoms with E-state index in [1.54, 1.807) is 12.2 Å². The second-order valence-electron chi connectivity index (χ2n) is 3.98. The Morgan fingerprint density at radius 1 is 0.750 bits per heavy atom. The lowest BCUT2D eigenvalue weighted by molar-refractivity contribution is -0.111. The first-order valence-corrected chi connectivity index (χ1v) is 9.61. The lowest BCUT2D eigenvalue weighted by atomic mass is 9.98. The number of carbonyl (C=O) groups excluding carboxylic acids is 2. The predicted octanol–water partition coefficient (Wildman–Crippen LogP) is 4.50. The summed E-state index contributed by atoms with van der Waals surface area (Å²) < 4.78 is 1.07. The van der Waals surface area contributed by atoms with Crippen molar-refractivity contribution in [1.82, 2.24) is 0 Å². The van der Waals surface area contributed by atoms with Gasteiger partial charge in [0.05, 0.1) is 18.8 Å². The summed E-state index contributed by atoms with van der Waals surface area (Å²) in [6.07, 6.45) is 11.0. The molecule has 0 saturated carbocycles. The van der Waals surface area contributed by atoms with E-state index in [4.69, 9.17) is 0 Å². The molecule has 6 heteroatoms. The van der Waals surface area contributed by atoms with Crippen molar-refractivity contribution in [3.63, 3.8) is 0 Å². The summed E-state index contributed by atoms with van der Waals surface area (Å²) in [4.78, 5) is 25.2. The minimum absolute atomic E-state index is 0.00847. The molecule has 0 aromatic heterocycles. The zero-order chi connectivity index (χ0) is 14.9. The standard InChI is InChI=1S/C14H10Br2O2S2/c1-19-11-5-7(3-9(15)13(11)17)8-4-10(16)14(18)12(6-8)20-2/h3-6H,1-2H3/b8-7+. The highest BCUT2D eigenvalue weighted by molar-refractivity contribution is 9.12. The van der Waals surface area contributed by atoms with Crippen molar-refractivity contribution in [1.29, 1.82) is 0 Å². The summed E-state index contributed by atoms with van der Waals surface area (Å²) >= 11 is 9.43. The maximum atomic E-state index is 11.9. The van der Waals surface area contributed by atoms with E-state index < -0.39 is 0 Å². The first-order chi connectivity index (χ1) is 9.47. The Bertz CT molecular complexity index is 596. The maximum absolute atomic E-state index is 11.9. The number of ketones is 2. The van der Waals surface area contributed by atoms with Crippen LogP contribution >= 0.6 is 55.4 Å². The zero-order valence-electron chi connectivity index (χ0n) is 10.7. The summed E-state index contributed by atoms with van der Waals surface area (Å²) in [5, 5.41) is 0. The summed E-state index contributed by atoms with van der Waals surface area (Å²) in [5.74, 6) is -0.0169. The third kappa shape index (κ3) is 3.13. The summed E-state index contributed by atoms with van der Waals surface area (Å²) in [6, 6.07) is 0. The Hall–Kier alpha value is -0.300. The van der Waals surface area contributed by atoms with Gasteiger partial charge in [0.2, 0.25) is 11.6 Å². The van der Waals surface area contributed by atoms with Crippen LogP contribution in [0.2, 0.25) is 0 Å². The lowest BCUT2D eigenvalue weighted by Crippen LogP contribution is -2.08. The smallest absolute Gasteiger partial charge is 0.206 e. The van der Waals surface area contributed by atoms with Gasteiger partial charge >= 0.3 is 0 Å². The Balaban J connectivity index is 2.58. The Kier molecular flexibility index (Phi) is 5.34. The van der Waals surface area contributed by atoms with Gasteiger partial charge in [-0.1, -0.05) is 0 Å². The third-order valence-corrected chi connectivity index (χ3v) is 5.46. The van der Waals surface area contributed by atoms with Crippen LogP contribution in [0.4, 0.5) is 0 Å². The molecule has 0 radical (unpaired) electrons. The molecule has 0 amide bonds. The SMILES string of the molecule is CSC1=C/C(=C2\C=C(Br)C(=O)C(SC)=C2)C=C(Br)C1=O. The summed E-state index contributed by atoms with van der Waals surface area (Å²) in [5.41, 5.74) is 1.83. The second kappa shape index (κ2) is 6.64. The second-order valence-corrected chi connectivity index (χ2v) is 7.38. The van der Waals surface area contributed by atoms with E-state index in [0.717, 1.165) is 11.1 Å². The average molecular weight is 434 g/mol. The minimum atomic E-state index is -0.00847. The molecule has 2 aliphatic rings. The van der Waals surface area contributed by atoms with Gasteiger partial charge in [0.25, 0.3) is 0 Å². The molecule has 104 valence electrons. The van der Waals surface area contributed by atoms with Gasteiger partial charge < -0.3 is 0 Å². The molecule has 0 atom stereocenters. The van der Waals surface area contributed by atoms with Crippen LogP contribution in [-0.4, -0.2) is 24.1 Å². The number of halogens is 2. The number of hydrogen-bond acceptors (Lipinski definition) is 4. The van der Waals surface area contributed by atoms with Crippen molar-refractivity contribution < 1.29 is 9.59 Å². The van der Waals surface area contributed by atoms with Crippen molar-refractivity contribution in [3.05, 3.63) is 54.2 Å². The molecule has 2 aliphatic carbocycles. The average Bonchev–Trinajstić information content (AvgIpc) is 2.44. The molecule has 0 heterocycles. The Morgan fingerprint density at radius 3 is 1.40 bits per heavy atom. The van der Waals surface area contributed by atoms with Crippen LogP contribution in [-0.2, 0) is 9.59 Å². The number of thioether (sulfide) groups is 2. The van der Waals surface area contributed by atoms with Gasteiger partial charge in [0, 0.05) is 0 Å². The van der Waals surface area contributed by atoms with Gasteiger partial charge in [-0.15, -0.1) is 23.5 Å². The minimum Gasteiger partial charge on any atom is -0.287 e. The van der Waals surface area contributed by atoms with Crippen LogP contribution in [0.3, 0.4) is 0 Å². The van der Waals surface area contributed by atoms with E-state index in [0.29, 0.717) is 18.8 Å². The van der Waals surface area contributed by atoms with Crippen molar-refractivity contribution in [3.8, 4) is 0 Å².